The second-order valence-electron chi connectivity index (χ2n) is 8.73. The van der Waals surface area contributed by atoms with E-state index in [2.05, 4.69) is 33.2 Å². The average Bonchev–Trinajstić information content (AvgIpc) is 3.43. The number of piperidine rings is 1. The van der Waals surface area contributed by atoms with Crippen molar-refractivity contribution in [1.82, 2.24) is 15.0 Å². The molecule has 6 heteroatoms. The van der Waals surface area contributed by atoms with E-state index in [4.69, 9.17) is 14.0 Å². The molecule has 4 heterocycles. The second kappa shape index (κ2) is 8.84. The van der Waals surface area contributed by atoms with E-state index >= 15 is 0 Å². The number of rotatable bonds is 6. The fourth-order valence-electron chi connectivity index (χ4n) is 4.84. The van der Waals surface area contributed by atoms with Gasteiger partial charge in [-0.25, -0.2) is 0 Å². The third-order valence-electron chi connectivity index (χ3n) is 6.70. The molecular formula is C23H31N3O3. The number of aryl methyl sites for hydroxylation is 1. The molecule has 29 heavy (non-hydrogen) atoms. The van der Waals surface area contributed by atoms with Crippen LogP contribution in [-0.2, 0) is 24.1 Å². The highest BCUT2D eigenvalue weighted by molar-refractivity contribution is 5.39. The molecule has 0 unspecified atom stereocenters. The summed E-state index contributed by atoms with van der Waals surface area (Å²) >= 11 is 0. The van der Waals surface area contributed by atoms with Crippen molar-refractivity contribution < 1.29 is 14.0 Å². The molecule has 3 aliphatic rings. The van der Waals surface area contributed by atoms with Crippen LogP contribution in [0, 0.1) is 5.92 Å². The highest BCUT2D eigenvalue weighted by atomic mass is 16.5. The summed E-state index contributed by atoms with van der Waals surface area (Å²) in [5.41, 5.74) is 2.79. The SMILES string of the molecule is c1cc2c(cc1CN1CCC(CCc3noc(C4CCOCC4)n3)CC1)CCO2. The van der Waals surface area contributed by atoms with Gasteiger partial charge in [0.25, 0.3) is 0 Å². The van der Waals surface area contributed by atoms with Crippen molar-refractivity contribution in [3.63, 3.8) is 0 Å². The van der Waals surface area contributed by atoms with Crippen LogP contribution in [0.1, 0.15) is 60.9 Å². The van der Waals surface area contributed by atoms with Gasteiger partial charge in [0.15, 0.2) is 5.82 Å². The Balaban J connectivity index is 1.06. The van der Waals surface area contributed by atoms with E-state index in [1.165, 1.54) is 37.1 Å². The van der Waals surface area contributed by atoms with Crippen LogP contribution >= 0.6 is 0 Å². The number of likely N-dealkylation sites (tertiary alicyclic amines) is 1. The summed E-state index contributed by atoms with van der Waals surface area (Å²) in [4.78, 5) is 7.25. The standard InChI is InChI=1S/C23H31N3O3/c1-3-21-20(9-14-28-21)15-18(1)16-26-10-5-17(6-11-26)2-4-22-24-23(29-25-22)19-7-12-27-13-8-19/h1,3,15,17,19H,2,4-14,16H2. The fourth-order valence-corrected chi connectivity index (χ4v) is 4.84. The first-order valence-electron chi connectivity index (χ1n) is 11.2. The lowest BCUT2D eigenvalue weighted by molar-refractivity contribution is 0.0778. The Labute approximate surface area is 172 Å². The maximum atomic E-state index is 5.62. The van der Waals surface area contributed by atoms with Gasteiger partial charge in [0.2, 0.25) is 5.89 Å². The summed E-state index contributed by atoms with van der Waals surface area (Å²) < 4.78 is 16.6. The third-order valence-corrected chi connectivity index (χ3v) is 6.70. The van der Waals surface area contributed by atoms with E-state index in [0.717, 1.165) is 81.9 Å². The first-order chi connectivity index (χ1) is 14.3. The summed E-state index contributed by atoms with van der Waals surface area (Å²) in [5.74, 6) is 3.93. The molecule has 0 radical (unpaired) electrons. The zero-order valence-corrected chi connectivity index (χ0v) is 17.1. The van der Waals surface area contributed by atoms with Gasteiger partial charge in [-0.2, -0.15) is 4.98 Å². The molecule has 2 saturated heterocycles. The molecule has 3 aliphatic heterocycles. The van der Waals surface area contributed by atoms with Gasteiger partial charge in [-0.15, -0.1) is 0 Å². The molecular weight excluding hydrogens is 366 g/mol. The second-order valence-corrected chi connectivity index (χ2v) is 8.73. The highest BCUT2D eigenvalue weighted by Gasteiger charge is 2.23. The van der Waals surface area contributed by atoms with Crippen LogP contribution in [0.5, 0.6) is 5.75 Å². The van der Waals surface area contributed by atoms with Crippen LogP contribution < -0.4 is 4.74 Å². The van der Waals surface area contributed by atoms with Gasteiger partial charge in [0.1, 0.15) is 5.75 Å². The Morgan fingerprint density at radius 3 is 2.76 bits per heavy atom. The van der Waals surface area contributed by atoms with Crippen LogP contribution in [0.25, 0.3) is 0 Å². The van der Waals surface area contributed by atoms with Gasteiger partial charge >= 0.3 is 0 Å². The Morgan fingerprint density at radius 1 is 1.03 bits per heavy atom. The summed E-state index contributed by atoms with van der Waals surface area (Å²) in [6.07, 6.45) is 7.67. The Kier molecular flexibility index (Phi) is 5.81. The fraction of sp³-hybridized carbons (Fsp3) is 0.652. The van der Waals surface area contributed by atoms with Crippen LogP contribution in [0.15, 0.2) is 22.7 Å². The molecule has 0 atom stereocenters. The van der Waals surface area contributed by atoms with Crippen molar-refractivity contribution in [3.8, 4) is 5.75 Å². The molecule has 156 valence electrons. The Bertz CT molecular complexity index is 807. The lowest BCUT2D eigenvalue weighted by Gasteiger charge is -2.32. The van der Waals surface area contributed by atoms with Crippen molar-refractivity contribution in [2.45, 2.75) is 57.4 Å². The highest BCUT2D eigenvalue weighted by Crippen LogP contribution is 2.29. The van der Waals surface area contributed by atoms with Gasteiger partial charge in [0, 0.05) is 38.5 Å². The number of nitrogens with zero attached hydrogens (tertiary/aromatic N) is 3. The maximum Gasteiger partial charge on any atom is 0.229 e. The van der Waals surface area contributed by atoms with Crippen LogP contribution in [0.3, 0.4) is 0 Å². The van der Waals surface area contributed by atoms with Crippen molar-refractivity contribution in [1.29, 1.82) is 0 Å². The van der Waals surface area contributed by atoms with Crippen molar-refractivity contribution in [2.75, 3.05) is 32.9 Å². The molecule has 2 fully saturated rings. The van der Waals surface area contributed by atoms with Crippen molar-refractivity contribution in [2.24, 2.45) is 5.92 Å². The number of ether oxygens (including phenoxy) is 2. The van der Waals surface area contributed by atoms with E-state index in [1.807, 2.05) is 0 Å². The number of aromatic nitrogens is 2. The number of hydrogen-bond donors (Lipinski definition) is 0. The van der Waals surface area contributed by atoms with Crippen LogP contribution in [0.2, 0.25) is 0 Å². The maximum absolute atomic E-state index is 5.62. The van der Waals surface area contributed by atoms with Gasteiger partial charge in [0.05, 0.1) is 6.61 Å². The molecule has 0 N–H and O–H groups in total. The van der Waals surface area contributed by atoms with Gasteiger partial charge in [-0.05, 0) is 68.3 Å². The van der Waals surface area contributed by atoms with Crippen molar-refractivity contribution >= 4 is 0 Å². The van der Waals surface area contributed by atoms with E-state index < -0.39 is 0 Å². The lowest BCUT2D eigenvalue weighted by atomic mass is 9.92. The summed E-state index contributed by atoms with van der Waals surface area (Å²) in [5, 5.41) is 4.23. The van der Waals surface area contributed by atoms with E-state index in [9.17, 15) is 0 Å². The predicted octanol–water partition coefficient (Wildman–Crippen LogP) is 3.74. The minimum Gasteiger partial charge on any atom is -0.493 e. The first-order valence-corrected chi connectivity index (χ1v) is 11.2. The quantitative estimate of drug-likeness (QED) is 0.740. The van der Waals surface area contributed by atoms with Gasteiger partial charge < -0.3 is 14.0 Å². The van der Waals surface area contributed by atoms with Gasteiger partial charge in [-0.1, -0.05) is 17.3 Å². The molecule has 1 aromatic carbocycles. The lowest BCUT2D eigenvalue weighted by Crippen LogP contribution is -2.33. The molecule has 5 rings (SSSR count). The zero-order chi connectivity index (χ0) is 19.5. The molecule has 0 aliphatic carbocycles. The first kappa shape index (κ1) is 19.1. The molecule has 0 amide bonds. The number of hydrogen-bond acceptors (Lipinski definition) is 6. The molecule has 0 bridgehead atoms. The summed E-state index contributed by atoms with van der Waals surface area (Å²) in [6.45, 7) is 5.86. The number of benzene rings is 1. The van der Waals surface area contributed by atoms with E-state index in [-0.39, 0.29) is 0 Å². The smallest absolute Gasteiger partial charge is 0.229 e. The zero-order valence-electron chi connectivity index (χ0n) is 17.1. The third kappa shape index (κ3) is 4.64. The summed E-state index contributed by atoms with van der Waals surface area (Å²) in [7, 11) is 0. The summed E-state index contributed by atoms with van der Waals surface area (Å²) in [6, 6.07) is 6.70. The normalized spacial score (nSPS) is 21.2. The van der Waals surface area contributed by atoms with Gasteiger partial charge in [-0.3, -0.25) is 4.90 Å². The molecule has 0 spiro atoms. The Morgan fingerprint density at radius 2 is 1.90 bits per heavy atom. The average molecular weight is 398 g/mol. The molecule has 6 nitrogen and oxygen atoms in total. The minimum atomic E-state index is 0.388. The topological polar surface area (TPSA) is 60.6 Å². The molecule has 0 saturated carbocycles. The Hall–Kier alpha value is -1.92. The van der Waals surface area contributed by atoms with E-state index in [0.29, 0.717) is 5.92 Å². The molecule has 1 aromatic heterocycles. The molecule has 2 aromatic rings. The van der Waals surface area contributed by atoms with Crippen molar-refractivity contribution in [3.05, 3.63) is 41.0 Å². The number of fused-ring (bicyclic) bond motifs is 1. The van der Waals surface area contributed by atoms with Crippen LogP contribution in [-0.4, -0.2) is 48.0 Å². The minimum absolute atomic E-state index is 0.388. The predicted molar refractivity (Wildman–Crippen MR) is 109 cm³/mol. The van der Waals surface area contributed by atoms with E-state index in [1.54, 1.807) is 0 Å². The largest absolute Gasteiger partial charge is 0.493 e. The van der Waals surface area contributed by atoms with Crippen LogP contribution in [0.4, 0.5) is 0 Å². The monoisotopic (exact) mass is 397 g/mol.